The smallest absolute Gasteiger partial charge is 0.264 e. The van der Waals surface area contributed by atoms with Crippen molar-refractivity contribution in [2.24, 2.45) is 0 Å². The number of rotatable bonds is 4. The lowest BCUT2D eigenvalue weighted by atomic mass is 10.1. The number of aliphatic hydroxyl groups is 1. The van der Waals surface area contributed by atoms with Gasteiger partial charge in [0.05, 0.1) is 18.7 Å². The second-order valence-electron chi connectivity index (χ2n) is 3.91. The van der Waals surface area contributed by atoms with Gasteiger partial charge < -0.3 is 10.4 Å². The van der Waals surface area contributed by atoms with Crippen molar-refractivity contribution in [1.29, 1.82) is 0 Å². The summed E-state index contributed by atoms with van der Waals surface area (Å²) in [5.74, 6) is -0.239. The molecule has 6 nitrogen and oxygen atoms in total. The van der Waals surface area contributed by atoms with Crippen molar-refractivity contribution in [2.75, 3.05) is 11.9 Å². The van der Waals surface area contributed by atoms with Crippen LogP contribution in [-0.2, 0) is 4.79 Å². The average Bonchev–Trinajstić information content (AvgIpc) is 2.41. The molecule has 0 spiro atoms. The van der Waals surface area contributed by atoms with Crippen molar-refractivity contribution in [1.82, 2.24) is 10.2 Å². The molecule has 0 aliphatic rings. The van der Waals surface area contributed by atoms with Gasteiger partial charge in [-0.1, -0.05) is 12.1 Å². The van der Waals surface area contributed by atoms with Gasteiger partial charge >= 0.3 is 0 Å². The van der Waals surface area contributed by atoms with Crippen LogP contribution in [0, 0.1) is 0 Å². The second kappa shape index (κ2) is 5.92. The Labute approximate surface area is 109 Å². The van der Waals surface area contributed by atoms with E-state index in [0.717, 1.165) is 5.56 Å². The Morgan fingerprint density at radius 2 is 1.95 bits per heavy atom. The Balaban J connectivity index is 2.12. The number of aromatic nitrogens is 2. The number of aromatic amines is 1. The molecule has 1 amide bonds. The van der Waals surface area contributed by atoms with Gasteiger partial charge in [0.15, 0.2) is 0 Å². The first kappa shape index (κ1) is 13.0. The Bertz CT molecular complexity index is 599. The second-order valence-corrected chi connectivity index (χ2v) is 3.91. The number of carbonyl (C=O) groups excluding carboxylic acids is 1. The summed E-state index contributed by atoms with van der Waals surface area (Å²) in [6.45, 7) is -0.175. The predicted octanol–water partition coefficient (Wildman–Crippen LogP) is 0.758. The van der Waals surface area contributed by atoms with Crippen molar-refractivity contribution < 1.29 is 9.90 Å². The summed E-state index contributed by atoms with van der Waals surface area (Å²) in [5.41, 5.74) is 1.87. The molecule has 0 radical (unpaired) electrons. The predicted molar refractivity (Wildman–Crippen MR) is 70.6 cm³/mol. The monoisotopic (exact) mass is 259 g/mol. The minimum atomic E-state index is -0.253. The van der Waals surface area contributed by atoms with Crippen molar-refractivity contribution in [3.63, 3.8) is 0 Å². The molecule has 19 heavy (non-hydrogen) atoms. The maximum absolute atomic E-state index is 11.3. The van der Waals surface area contributed by atoms with Crippen molar-refractivity contribution >= 4 is 11.6 Å². The zero-order chi connectivity index (χ0) is 13.7. The normalized spacial score (nSPS) is 10.2. The van der Waals surface area contributed by atoms with Gasteiger partial charge in [0.25, 0.3) is 5.56 Å². The highest BCUT2D eigenvalue weighted by Crippen LogP contribution is 2.18. The van der Waals surface area contributed by atoms with Gasteiger partial charge in [-0.2, -0.15) is 5.10 Å². The molecule has 0 aliphatic heterocycles. The van der Waals surface area contributed by atoms with Crippen molar-refractivity contribution in [2.45, 2.75) is 6.42 Å². The van der Waals surface area contributed by atoms with E-state index in [2.05, 4.69) is 15.5 Å². The third-order valence-corrected chi connectivity index (χ3v) is 2.48. The summed E-state index contributed by atoms with van der Waals surface area (Å²) in [7, 11) is 0. The van der Waals surface area contributed by atoms with Gasteiger partial charge in [0.2, 0.25) is 5.91 Å². The molecule has 3 N–H and O–H groups in total. The summed E-state index contributed by atoms with van der Waals surface area (Å²) in [6, 6.07) is 10.1. The van der Waals surface area contributed by atoms with Crippen LogP contribution >= 0.6 is 0 Å². The molecule has 2 rings (SSSR count). The van der Waals surface area contributed by atoms with Gasteiger partial charge in [-0.15, -0.1) is 0 Å². The molecule has 0 saturated heterocycles. The lowest BCUT2D eigenvalue weighted by Crippen LogP contribution is -2.12. The summed E-state index contributed by atoms with van der Waals surface area (Å²) in [5, 5.41) is 17.6. The topological polar surface area (TPSA) is 95.1 Å². The number of carbonyl (C=O) groups is 1. The number of hydrogen-bond donors (Lipinski definition) is 3. The summed E-state index contributed by atoms with van der Waals surface area (Å²) >= 11 is 0. The van der Waals surface area contributed by atoms with E-state index >= 15 is 0 Å². The van der Waals surface area contributed by atoms with Crippen LogP contribution in [-0.4, -0.2) is 27.8 Å². The highest BCUT2D eigenvalue weighted by atomic mass is 16.3. The van der Waals surface area contributed by atoms with Gasteiger partial charge in [-0.25, -0.2) is 5.10 Å². The van der Waals surface area contributed by atoms with Crippen LogP contribution in [0.15, 0.2) is 41.2 Å². The molecular formula is C13H13N3O3. The standard InChI is InChI=1S/C13H13N3O3/c17-8-7-12(18)14-10-3-1-9(2-4-10)11-5-6-13(19)16-15-11/h1-6,17H,7-8H2,(H,14,18)(H,16,19). The Kier molecular flexibility index (Phi) is 4.04. The minimum Gasteiger partial charge on any atom is -0.396 e. The van der Waals surface area contributed by atoms with Crippen LogP contribution in [0.25, 0.3) is 11.3 Å². The van der Waals surface area contributed by atoms with E-state index in [1.54, 1.807) is 30.3 Å². The van der Waals surface area contributed by atoms with E-state index < -0.39 is 0 Å². The van der Waals surface area contributed by atoms with Crippen LogP contribution in [0.4, 0.5) is 5.69 Å². The number of nitrogens with one attached hydrogen (secondary N) is 2. The SMILES string of the molecule is O=C(CCO)Nc1ccc(-c2ccc(=O)[nH]n2)cc1. The van der Waals surface area contributed by atoms with Crippen LogP contribution in [0.1, 0.15) is 6.42 Å². The van der Waals surface area contributed by atoms with E-state index in [-0.39, 0.29) is 24.5 Å². The molecule has 0 fully saturated rings. The lowest BCUT2D eigenvalue weighted by molar-refractivity contribution is -0.116. The van der Waals surface area contributed by atoms with Gasteiger partial charge in [-0.3, -0.25) is 9.59 Å². The fraction of sp³-hybridized carbons (Fsp3) is 0.154. The van der Waals surface area contributed by atoms with Crippen LogP contribution in [0.2, 0.25) is 0 Å². The Hall–Kier alpha value is -2.47. The largest absolute Gasteiger partial charge is 0.396 e. The van der Waals surface area contributed by atoms with E-state index in [0.29, 0.717) is 11.4 Å². The number of aliphatic hydroxyl groups excluding tert-OH is 1. The van der Waals surface area contributed by atoms with E-state index in [1.165, 1.54) is 6.07 Å². The van der Waals surface area contributed by atoms with Crippen LogP contribution in [0.3, 0.4) is 0 Å². The lowest BCUT2D eigenvalue weighted by Gasteiger charge is -2.05. The van der Waals surface area contributed by atoms with Crippen molar-refractivity contribution in [3.8, 4) is 11.3 Å². The molecule has 98 valence electrons. The third kappa shape index (κ3) is 3.49. The van der Waals surface area contributed by atoms with Gasteiger partial charge in [0, 0.05) is 17.3 Å². The maximum atomic E-state index is 11.3. The summed E-state index contributed by atoms with van der Waals surface area (Å²) < 4.78 is 0. The number of benzene rings is 1. The number of H-pyrrole nitrogens is 1. The molecule has 1 heterocycles. The summed E-state index contributed by atoms with van der Waals surface area (Å²) in [6.07, 6.45) is 0.0726. The molecule has 1 aromatic carbocycles. The highest BCUT2D eigenvalue weighted by Gasteiger charge is 2.03. The first-order valence-electron chi connectivity index (χ1n) is 5.76. The first-order chi connectivity index (χ1) is 9.19. The quantitative estimate of drug-likeness (QED) is 0.755. The highest BCUT2D eigenvalue weighted by molar-refractivity contribution is 5.90. The fourth-order valence-corrected chi connectivity index (χ4v) is 1.55. The van der Waals surface area contributed by atoms with E-state index in [4.69, 9.17) is 5.11 Å². The third-order valence-electron chi connectivity index (χ3n) is 2.48. The zero-order valence-electron chi connectivity index (χ0n) is 10.1. The summed E-state index contributed by atoms with van der Waals surface area (Å²) in [4.78, 5) is 22.2. The van der Waals surface area contributed by atoms with Crippen LogP contribution in [0.5, 0.6) is 0 Å². The van der Waals surface area contributed by atoms with E-state index in [9.17, 15) is 9.59 Å². The number of hydrogen-bond acceptors (Lipinski definition) is 4. The van der Waals surface area contributed by atoms with E-state index in [1.807, 2.05) is 0 Å². The zero-order valence-corrected chi connectivity index (χ0v) is 10.1. The molecule has 0 saturated carbocycles. The van der Waals surface area contributed by atoms with Crippen molar-refractivity contribution in [3.05, 3.63) is 46.8 Å². The molecule has 0 atom stereocenters. The first-order valence-corrected chi connectivity index (χ1v) is 5.76. The Morgan fingerprint density at radius 3 is 2.53 bits per heavy atom. The number of anilines is 1. The molecule has 6 heteroatoms. The molecular weight excluding hydrogens is 246 g/mol. The fourth-order valence-electron chi connectivity index (χ4n) is 1.55. The van der Waals surface area contributed by atoms with Crippen LogP contribution < -0.4 is 10.9 Å². The molecule has 0 bridgehead atoms. The molecule has 2 aromatic rings. The number of nitrogens with zero attached hydrogens (tertiary/aromatic N) is 1. The number of amides is 1. The average molecular weight is 259 g/mol. The molecule has 0 aliphatic carbocycles. The molecule has 1 aromatic heterocycles. The van der Waals surface area contributed by atoms with Gasteiger partial charge in [-0.05, 0) is 18.2 Å². The molecule has 0 unspecified atom stereocenters. The minimum absolute atomic E-state index is 0.0726. The van der Waals surface area contributed by atoms with Gasteiger partial charge in [0.1, 0.15) is 0 Å². The Morgan fingerprint density at radius 1 is 1.21 bits per heavy atom. The maximum Gasteiger partial charge on any atom is 0.264 e.